The van der Waals surface area contributed by atoms with E-state index < -0.39 is 0 Å². The van der Waals surface area contributed by atoms with Gasteiger partial charge in [0.05, 0.1) is 37.5 Å². The van der Waals surface area contributed by atoms with Crippen LogP contribution in [0.3, 0.4) is 0 Å². The van der Waals surface area contributed by atoms with E-state index in [1.807, 2.05) is 24.3 Å². The summed E-state index contributed by atoms with van der Waals surface area (Å²) in [6.07, 6.45) is 0. The Morgan fingerprint density at radius 2 is 1.58 bits per heavy atom. The van der Waals surface area contributed by atoms with E-state index in [-0.39, 0.29) is 23.8 Å². The van der Waals surface area contributed by atoms with Gasteiger partial charge in [0.2, 0.25) is 0 Å². The number of hydrogen-bond acceptors (Lipinski definition) is 4. The second kappa shape index (κ2) is 5.76. The molecule has 122 valence electrons. The number of ether oxygens (including phenoxy) is 2. The van der Waals surface area contributed by atoms with Crippen molar-refractivity contribution in [3.05, 3.63) is 65.2 Å². The maximum Gasteiger partial charge on any atom is 0.261 e. The van der Waals surface area contributed by atoms with E-state index in [1.54, 1.807) is 31.4 Å². The van der Waals surface area contributed by atoms with Crippen molar-refractivity contribution in [2.24, 2.45) is 0 Å². The van der Waals surface area contributed by atoms with Gasteiger partial charge in [0.25, 0.3) is 11.8 Å². The van der Waals surface area contributed by atoms with Gasteiger partial charge < -0.3 is 9.47 Å². The lowest BCUT2D eigenvalue weighted by Crippen LogP contribution is -2.43. The van der Waals surface area contributed by atoms with Gasteiger partial charge in [0.15, 0.2) is 0 Å². The summed E-state index contributed by atoms with van der Waals surface area (Å²) in [5.41, 5.74) is 1.99. The van der Waals surface area contributed by atoms with Crippen LogP contribution in [0.1, 0.15) is 32.2 Å². The minimum atomic E-state index is -0.286. The van der Waals surface area contributed by atoms with Gasteiger partial charge in [0, 0.05) is 5.92 Å². The van der Waals surface area contributed by atoms with Crippen molar-refractivity contribution in [1.29, 1.82) is 0 Å². The molecule has 0 aliphatic carbocycles. The first-order chi connectivity index (χ1) is 11.7. The number of amides is 2. The first-order valence-corrected chi connectivity index (χ1v) is 7.89. The largest absolute Gasteiger partial charge is 0.497 e. The smallest absolute Gasteiger partial charge is 0.261 e. The fourth-order valence-electron chi connectivity index (χ4n) is 3.48. The Morgan fingerprint density at radius 3 is 2.17 bits per heavy atom. The highest BCUT2D eigenvalue weighted by Gasteiger charge is 2.45. The molecule has 2 aliphatic rings. The third-order valence-corrected chi connectivity index (χ3v) is 4.75. The summed E-state index contributed by atoms with van der Waals surface area (Å²) in [7, 11) is 1.62. The van der Waals surface area contributed by atoms with Crippen molar-refractivity contribution in [3.63, 3.8) is 0 Å². The highest BCUT2D eigenvalue weighted by atomic mass is 16.5. The van der Waals surface area contributed by atoms with E-state index in [4.69, 9.17) is 9.47 Å². The van der Waals surface area contributed by atoms with Crippen molar-refractivity contribution in [1.82, 2.24) is 4.90 Å². The molecule has 5 nitrogen and oxygen atoms in total. The third-order valence-electron chi connectivity index (χ3n) is 4.75. The van der Waals surface area contributed by atoms with Crippen LogP contribution in [0.2, 0.25) is 0 Å². The average molecular weight is 323 g/mol. The molecule has 0 spiro atoms. The van der Waals surface area contributed by atoms with Crippen LogP contribution in [0.5, 0.6) is 5.75 Å². The molecule has 2 heterocycles. The fourth-order valence-corrected chi connectivity index (χ4v) is 3.48. The lowest BCUT2D eigenvalue weighted by Gasteiger charge is -2.26. The number of carbonyl (C=O) groups excluding carboxylic acids is 2. The van der Waals surface area contributed by atoms with Crippen molar-refractivity contribution in [3.8, 4) is 5.75 Å². The monoisotopic (exact) mass is 323 g/mol. The molecule has 1 saturated heterocycles. The van der Waals surface area contributed by atoms with Crippen molar-refractivity contribution >= 4 is 11.8 Å². The lowest BCUT2D eigenvalue weighted by atomic mass is 9.93. The topological polar surface area (TPSA) is 55.8 Å². The van der Waals surface area contributed by atoms with E-state index in [1.165, 1.54) is 4.90 Å². The Hall–Kier alpha value is -2.66. The molecule has 2 amide bonds. The molecule has 2 aliphatic heterocycles. The summed E-state index contributed by atoms with van der Waals surface area (Å²) in [6.45, 7) is 0.854. The number of rotatable bonds is 3. The molecule has 1 fully saturated rings. The summed E-state index contributed by atoms with van der Waals surface area (Å²) in [4.78, 5) is 26.8. The van der Waals surface area contributed by atoms with Crippen molar-refractivity contribution in [2.75, 3.05) is 20.3 Å². The number of imide groups is 1. The molecular weight excluding hydrogens is 306 g/mol. The van der Waals surface area contributed by atoms with Gasteiger partial charge >= 0.3 is 0 Å². The second-order valence-electron chi connectivity index (χ2n) is 6.01. The van der Waals surface area contributed by atoms with Gasteiger partial charge in [-0.3, -0.25) is 14.5 Å². The van der Waals surface area contributed by atoms with E-state index in [0.29, 0.717) is 24.3 Å². The number of nitrogens with zero attached hydrogens (tertiary/aromatic N) is 1. The van der Waals surface area contributed by atoms with E-state index >= 15 is 0 Å². The van der Waals surface area contributed by atoms with Crippen LogP contribution in [-0.4, -0.2) is 43.1 Å². The molecule has 2 aromatic carbocycles. The molecule has 5 heteroatoms. The SMILES string of the molecule is COc1ccc([C@H]2COC[C@@H]2N2C(=O)c3ccccc3C2=O)cc1. The van der Waals surface area contributed by atoms with Gasteiger partial charge in [-0.2, -0.15) is 0 Å². The summed E-state index contributed by atoms with van der Waals surface area (Å²) >= 11 is 0. The van der Waals surface area contributed by atoms with Crippen LogP contribution < -0.4 is 4.74 Å². The number of benzene rings is 2. The minimum Gasteiger partial charge on any atom is -0.497 e. The van der Waals surface area contributed by atoms with Crippen molar-refractivity contribution < 1.29 is 19.1 Å². The van der Waals surface area contributed by atoms with E-state index in [9.17, 15) is 9.59 Å². The van der Waals surface area contributed by atoms with Gasteiger partial charge in [0.1, 0.15) is 5.75 Å². The summed E-state index contributed by atoms with van der Waals surface area (Å²) in [5, 5.41) is 0. The van der Waals surface area contributed by atoms with Gasteiger partial charge in [-0.05, 0) is 29.8 Å². The zero-order valence-corrected chi connectivity index (χ0v) is 13.3. The van der Waals surface area contributed by atoms with Crippen LogP contribution in [-0.2, 0) is 4.74 Å². The first kappa shape index (κ1) is 14.9. The molecule has 0 bridgehead atoms. The zero-order chi connectivity index (χ0) is 16.7. The van der Waals surface area contributed by atoms with Crippen molar-refractivity contribution in [2.45, 2.75) is 12.0 Å². The van der Waals surface area contributed by atoms with Crippen LogP contribution >= 0.6 is 0 Å². The zero-order valence-electron chi connectivity index (χ0n) is 13.3. The molecule has 0 N–H and O–H groups in total. The van der Waals surface area contributed by atoms with Crippen LogP contribution in [0.4, 0.5) is 0 Å². The van der Waals surface area contributed by atoms with E-state index in [2.05, 4.69) is 0 Å². The number of methoxy groups -OCH3 is 1. The molecule has 2 atom stereocenters. The Bertz CT molecular complexity index is 764. The van der Waals surface area contributed by atoms with Crippen LogP contribution in [0, 0.1) is 0 Å². The molecule has 0 unspecified atom stereocenters. The Kier molecular flexibility index (Phi) is 3.58. The van der Waals surface area contributed by atoms with E-state index in [0.717, 1.165) is 11.3 Å². The molecule has 24 heavy (non-hydrogen) atoms. The first-order valence-electron chi connectivity index (χ1n) is 7.89. The number of carbonyl (C=O) groups is 2. The molecule has 0 radical (unpaired) electrons. The Morgan fingerprint density at radius 1 is 0.958 bits per heavy atom. The normalized spacial score (nSPS) is 22.8. The predicted octanol–water partition coefficient (Wildman–Crippen LogP) is 2.47. The van der Waals surface area contributed by atoms with Gasteiger partial charge in [-0.25, -0.2) is 0 Å². The maximum absolute atomic E-state index is 12.7. The van der Waals surface area contributed by atoms with Gasteiger partial charge in [-0.15, -0.1) is 0 Å². The summed E-state index contributed by atoms with van der Waals surface area (Å²) in [5.74, 6) is 0.280. The van der Waals surface area contributed by atoms with Crippen LogP contribution in [0.15, 0.2) is 48.5 Å². The van der Waals surface area contributed by atoms with Crippen LogP contribution in [0.25, 0.3) is 0 Å². The second-order valence-corrected chi connectivity index (χ2v) is 6.01. The molecule has 2 aromatic rings. The summed E-state index contributed by atoms with van der Waals surface area (Å²) in [6, 6.07) is 14.4. The lowest BCUT2D eigenvalue weighted by molar-refractivity contribution is 0.0558. The predicted molar refractivity (Wildman–Crippen MR) is 87.3 cm³/mol. The Labute approximate surface area is 139 Å². The number of hydrogen-bond donors (Lipinski definition) is 0. The Balaban J connectivity index is 1.66. The molecule has 0 aromatic heterocycles. The molecular formula is C19H17NO4. The number of fused-ring (bicyclic) bond motifs is 1. The summed E-state index contributed by atoms with van der Waals surface area (Å²) < 4.78 is 10.8. The highest BCUT2D eigenvalue weighted by molar-refractivity contribution is 6.21. The highest BCUT2D eigenvalue weighted by Crippen LogP contribution is 2.35. The third kappa shape index (κ3) is 2.20. The minimum absolute atomic E-state index is 0.0295. The van der Waals surface area contributed by atoms with Gasteiger partial charge in [-0.1, -0.05) is 24.3 Å². The molecule has 0 saturated carbocycles. The fraction of sp³-hybridized carbons (Fsp3) is 0.263. The molecule has 4 rings (SSSR count). The standard InChI is InChI=1S/C19H17NO4/c1-23-13-8-6-12(7-9-13)16-10-24-11-17(16)20-18(21)14-4-2-3-5-15(14)19(20)22/h2-9,16-17H,10-11H2,1H3/t16-,17+/m1/s1. The average Bonchev–Trinajstić information content (AvgIpc) is 3.19. The quantitative estimate of drug-likeness (QED) is 0.814. The maximum atomic E-state index is 12.7.